The van der Waals surface area contributed by atoms with E-state index in [0.29, 0.717) is 17.5 Å². The van der Waals surface area contributed by atoms with E-state index in [0.717, 1.165) is 0 Å². The third kappa shape index (κ3) is 5.07. The lowest BCUT2D eigenvalue weighted by Gasteiger charge is -2.33. The zero-order chi connectivity index (χ0) is 19.2. The SMILES string of the molecule is CC(C)(CCO)[C@H](OC(=O)NC(=O)c1ccccc1)c1ccc(O)cc1. The first-order valence-corrected chi connectivity index (χ1v) is 8.30. The Labute approximate surface area is 152 Å². The van der Waals surface area contributed by atoms with Crippen LogP contribution in [0.15, 0.2) is 54.6 Å². The number of aromatic hydroxyl groups is 1. The average Bonchev–Trinajstić information content (AvgIpc) is 2.61. The summed E-state index contributed by atoms with van der Waals surface area (Å²) < 4.78 is 5.52. The molecule has 138 valence electrons. The minimum Gasteiger partial charge on any atom is -0.508 e. The minimum atomic E-state index is -0.872. The maximum atomic E-state index is 12.3. The number of ether oxygens (including phenoxy) is 1. The number of benzene rings is 2. The number of carbonyl (C=O) groups is 2. The predicted molar refractivity (Wildman–Crippen MR) is 96.7 cm³/mol. The maximum absolute atomic E-state index is 12.3. The molecule has 2 amide bonds. The van der Waals surface area contributed by atoms with Gasteiger partial charge in [0.25, 0.3) is 5.91 Å². The molecule has 0 aromatic heterocycles. The number of imide groups is 1. The van der Waals surface area contributed by atoms with E-state index in [9.17, 15) is 19.8 Å². The summed E-state index contributed by atoms with van der Waals surface area (Å²) in [5, 5.41) is 21.0. The summed E-state index contributed by atoms with van der Waals surface area (Å²) in [5.74, 6) is -0.462. The Balaban J connectivity index is 2.16. The number of nitrogens with one attached hydrogen (secondary N) is 1. The molecule has 0 spiro atoms. The van der Waals surface area contributed by atoms with E-state index in [4.69, 9.17) is 4.74 Å². The standard InChI is InChI=1S/C20H23NO5/c1-20(2,12-13-22)17(14-8-10-16(23)11-9-14)26-19(25)21-18(24)15-6-4-3-5-7-15/h3-11,17,22-23H,12-13H2,1-2H3,(H,21,24,25)/t17-/m1/s1. The van der Waals surface area contributed by atoms with E-state index in [1.165, 1.54) is 12.1 Å². The molecule has 0 unspecified atom stereocenters. The number of aliphatic hydroxyl groups excluding tert-OH is 1. The highest BCUT2D eigenvalue weighted by molar-refractivity contribution is 6.02. The van der Waals surface area contributed by atoms with E-state index < -0.39 is 23.5 Å². The van der Waals surface area contributed by atoms with E-state index in [1.54, 1.807) is 42.5 Å². The quantitative estimate of drug-likeness (QED) is 0.736. The number of alkyl carbamates (subject to hydrolysis) is 1. The molecule has 0 aliphatic heterocycles. The number of aliphatic hydroxyl groups is 1. The summed E-state index contributed by atoms with van der Waals surface area (Å²) in [7, 11) is 0. The molecule has 2 aromatic rings. The smallest absolute Gasteiger partial charge is 0.414 e. The number of rotatable bonds is 6. The van der Waals surface area contributed by atoms with E-state index >= 15 is 0 Å². The largest absolute Gasteiger partial charge is 0.508 e. The van der Waals surface area contributed by atoms with Gasteiger partial charge in [-0.1, -0.05) is 44.2 Å². The third-order valence-corrected chi connectivity index (χ3v) is 4.14. The summed E-state index contributed by atoms with van der Waals surface area (Å²) in [6, 6.07) is 14.6. The van der Waals surface area contributed by atoms with Crippen molar-refractivity contribution in [3.8, 4) is 5.75 Å². The molecule has 2 rings (SSSR count). The zero-order valence-electron chi connectivity index (χ0n) is 14.8. The van der Waals surface area contributed by atoms with Gasteiger partial charge in [0.05, 0.1) is 0 Å². The summed E-state index contributed by atoms with van der Waals surface area (Å²) in [4.78, 5) is 24.4. The molecule has 6 heteroatoms. The van der Waals surface area contributed by atoms with Crippen molar-refractivity contribution in [2.24, 2.45) is 5.41 Å². The van der Waals surface area contributed by atoms with Crippen LogP contribution in [0.3, 0.4) is 0 Å². The summed E-state index contributed by atoms with van der Waals surface area (Å²) in [6.07, 6.45) is -1.19. The van der Waals surface area contributed by atoms with Crippen molar-refractivity contribution in [2.75, 3.05) is 6.61 Å². The van der Waals surface area contributed by atoms with Crippen LogP contribution in [0, 0.1) is 5.41 Å². The second-order valence-electron chi connectivity index (χ2n) is 6.66. The molecule has 0 aliphatic carbocycles. The van der Waals surface area contributed by atoms with Crippen LogP contribution in [0.2, 0.25) is 0 Å². The van der Waals surface area contributed by atoms with Gasteiger partial charge in [0.2, 0.25) is 0 Å². The van der Waals surface area contributed by atoms with Gasteiger partial charge in [-0.2, -0.15) is 0 Å². The van der Waals surface area contributed by atoms with Gasteiger partial charge in [0, 0.05) is 17.6 Å². The van der Waals surface area contributed by atoms with Crippen LogP contribution in [0.25, 0.3) is 0 Å². The second kappa shape index (κ2) is 8.49. The molecule has 2 aromatic carbocycles. The summed E-state index contributed by atoms with van der Waals surface area (Å²) in [5.41, 5.74) is 0.419. The average molecular weight is 357 g/mol. The van der Waals surface area contributed by atoms with Crippen molar-refractivity contribution in [1.29, 1.82) is 0 Å². The Morgan fingerprint density at radius 2 is 1.69 bits per heavy atom. The van der Waals surface area contributed by atoms with Gasteiger partial charge in [0.15, 0.2) is 0 Å². The number of amides is 2. The van der Waals surface area contributed by atoms with Crippen molar-refractivity contribution in [3.05, 3.63) is 65.7 Å². The van der Waals surface area contributed by atoms with E-state index in [-0.39, 0.29) is 12.4 Å². The number of phenolic OH excluding ortho intramolecular Hbond substituents is 1. The van der Waals surface area contributed by atoms with Crippen LogP contribution in [0.5, 0.6) is 5.75 Å². The fraction of sp³-hybridized carbons (Fsp3) is 0.300. The number of carbonyl (C=O) groups excluding carboxylic acids is 2. The fourth-order valence-electron chi connectivity index (χ4n) is 2.64. The second-order valence-corrected chi connectivity index (χ2v) is 6.66. The molecule has 6 nitrogen and oxygen atoms in total. The van der Waals surface area contributed by atoms with Crippen LogP contribution in [0.1, 0.15) is 42.3 Å². The molecule has 3 N–H and O–H groups in total. The highest BCUT2D eigenvalue weighted by Crippen LogP contribution is 2.39. The first-order valence-electron chi connectivity index (χ1n) is 8.30. The number of hydrogen-bond acceptors (Lipinski definition) is 5. The van der Waals surface area contributed by atoms with E-state index in [1.807, 2.05) is 13.8 Å². The molecule has 0 saturated heterocycles. The third-order valence-electron chi connectivity index (χ3n) is 4.14. The van der Waals surface area contributed by atoms with Crippen molar-refractivity contribution in [2.45, 2.75) is 26.4 Å². The minimum absolute atomic E-state index is 0.0739. The summed E-state index contributed by atoms with van der Waals surface area (Å²) >= 11 is 0. The number of phenols is 1. The van der Waals surface area contributed by atoms with Crippen molar-refractivity contribution >= 4 is 12.0 Å². The van der Waals surface area contributed by atoms with Gasteiger partial charge in [-0.25, -0.2) is 4.79 Å². The van der Waals surface area contributed by atoms with Crippen LogP contribution in [-0.4, -0.2) is 28.8 Å². The van der Waals surface area contributed by atoms with Crippen LogP contribution >= 0.6 is 0 Å². The summed E-state index contributed by atoms with van der Waals surface area (Å²) in [6.45, 7) is 3.63. The maximum Gasteiger partial charge on any atom is 0.414 e. The molecule has 0 aliphatic rings. The Morgan fingerprint density at radius 1 is 1.08 bits per heavy atom. The normalized spacial score (nSPS) is 12.3. The van der Waals surface area contributed by atoms with Gasteiger partial charge in [0.1, 0.15) is 11.9 Å². The van der Waals surface area contributed by atoms with Crippen molar-refractivity contribution in [3.63, 3.8) is 0 Å². The molecular formula is C20H23NO5. The highest BCUT2D eigenvalue weighted by Gasteiger charge is 2.34. The molecule has 0 fully saturated rings. The van der Waals surface area contributed by atoms with Gasteiger partial charge < -0.3 is 14.9 Å². The zero-order valence-corrected chi connectivity index (χ0v) is 14.8. The molecule has 0 heterocycles. The highest BCUT2D eigenvalue weighted by atomic mass is 16.6. The molecular weight excluding hydrogens is 334 g/mol. The molecule has 1 atom stereocenters. The van der Waals surface area contributed by atoms with Crippen LogP contribution < -0.4 is 5.32 Å². The molecule has 0 radical (unpaired) electrons. The Bertz CT molecular complexity index is 741. The lowest BCUT2D eigenvalue weighted by atomic mass is 9.80. The first-order chi connectivity index (χ1) is 12.3. The monoisotopic (exact) mass is 357 g/mol. The molecule has 0 bridgehead atoms. The predicted octanol–water partition coefficient (Wildman–Crippen LogP) is 3.41. The van der Waals surface area contributed by atoms with Gasteiger partial charge in [-0.3, -0.25) is 10.1 Å². The lowest BCUT2D eigenvalue weighted by molar-refractivity contribution is 0.00870. The van der Waals surface area contributed by atoms with Crippen LogP contribution in [0.4, 0.5) is 4.79 Å². The molecule has 26 heavy (non-hydrogen) atoms. The van der Waals surface area contributed by atoms with Crippen molar-refractivity contribution < 1.29 is 24.5 Å². The Morgan fingerprint density at radius 3 is 2.27 bits per heavy atom. The lowest BCUT2D eigenvalue weighted by Crippen LogP contribution is -2.36. The number of hydrogen-bond donors (Lipinski definition) is 3. The molecule has 0 saturated carbocycles. The first kappa shape index (κ1) is 19.5. The Kier molecular flexibility index (Phi) is 6.36. The Hall–Kier alpha value is -2.86. The van der Waals surface area contributed by atoms with Gasteiger partial charge in [-0.15, -0.1) is 0 Å². The fourth-order valence-corrected chi connectivity index (χ4v) is 2.64. The topological polar surface area (TPSA) is 95.9 Å². The van der Waals surface area contributed by atoms with Crippen molar-refractivity contribution in [1.82, 2.24) is 5.32 Å². The van der Waals surface area contributed by atoms with Crippen LogP contribution in [-0.2, 0) is 4.74 Å². The van der Waals surface area contributed by atoms with E-state index in [2.05, 4.69) is 5.32 Å². The van der Waals surface area contributed by atoms with Gasteiger partial charge in [-0.05, 0) is 36.2 Å². The van der Waals surface area contributed by atoms with Gasteiger partial charge >= 0.3 is 6.09 Å².